The van der Waals surface area contributed by atoms with Crippen LogP contribution in [0.5, 0.6) is 0 Å². The molecule has 1 aromatic heterocycles. The Hall–Kier alpha value is -2.08. The number of aromatic nitrogens is 2. The summed E-state index contributed by atoms with van der Waals surface area (Å²) < 4.78 is 0. The normalized spacial score (nSPS) is 15.0. The van der Waals surface area contributed by atoms with Crippen LogP contribution in [-0.4, -0.2) is 27.7 Å². The number of aryl methyl sites for hydroxylation is 2. The summed E-state index contributed by atoms with van der Waals surface area (Å²) in [6, 6.07) is 8.05. The number of hydrogen-bond acceptors (Lipinski definition) is 4. The van der Waals surface area contributed by atoms with Crippen LogP contribution in [0.1, 0.15) is 30.2 Å². The van der Waals surface area contributed by atoms with Gasteiger partial charge in [0.15, 0.2) is 5.16 Å². The molecule has 2 heterocycles. The molecule has 0 aliphatic carbocycles. The fourth-order valence-corrected chi connectivity index (χ4v) is 3.78. The van der Waals surface area contributed by atoms with Crippen LogP contribution in [0.3, 0.4) is 0 Å². The molecule has 3 rings (SSSR count). The molecule has 0 saturated heterocycles. The minimum atomic E-state index is -0.318. The second-order valence-corrected chi connectivity index (χ2v) is 7.39. The average molecular weight is 343 g/mol. The molecule has 6 heteroatoms. The van der Waals surface area contributed by atoms with Gasteiger partial charge in [0.25, 0.3) is 5.56 Å². The summed E-state index contributed by atoms with van der Waals surface area (Å²) >= 11 is 1.30. The molecule has 0 bridgehead atoms. The lowest BCUT2D eigenvalue weighted by molar-refractivity contribution is -0.117. The number of carbonyl (C=O) groups excluding carboxylic acids is 1. The lowest BCUT2D eigenvalue weighted by atomic mass is 10.0. The van der Waals surface area contributed by atoms with Gasteiger partial charge in [0.2, 0.25) is 5.91 Å². The molecule has 5 nitrogen and oxygen atoms in total. The molecule has 126 valence electrons. The number of benzene rings is 1. The lowest BCUT2D eigenvalue weighted by Gasteiger charge is -2.31. The van der Waals surface area contributed by atoms with Crippen LogP contribution in [-0.2, 0) is 11.2 Å². The molecule has 1 atom stereocenters. The summed E-state index contributed by atoms with van der Waals surface area (Å²) in [6.45, 7) is 6.15. The number of nitrogens with zero attached hydrogens (tertiary/aromatic N) is 2. The summed E-state index contributed by atoms with van der Waals surface area (Å²) in [5.41, 5.74) is 3.38. The van der Waals surface area contributed by atoms with Gasteiger partial charge in [-0.25, -0.2) is 4.98 Å². The van der Waals surface area contributed by atoms with Gasteiger partial charge in [-0.1, -0.05) is 30.0 Å². The summed E-state index contributed by atoms with van der Waals surface area (Å²) in [5.74, 6) is 0.0491. The van der Waals surface area contributed by atoms with Crippen molar-refractivity contribution in [3.8, 4) is 0 Å². The van der Waals surface area contributed by atoms with Crippen LogP contribution in [0.25, 0.3) is 0 Å². The molecule has 1 aliphatic heterocycles. The number of rotatable bonds is 3. The highest BCUT2D eigenvalue weighted by atomic mass is 32.2. The van der Waals surface area contributed by atoms with E-state index in [1.807, 2.05) is 36.9 Å². The van der Waals surface area contributed by atoms with E-state index in [1.54, 1.807) is 6.92 Å². The van der Waals surface area contributed by atoms with Crippen LogP contribution in [0.2, 0.25) is 0 Å². The first kappa shape index (κ1) is 16.8. The minimum absolute atomic E-state index is 0.0491. The van der Waals surface area contributed by atoms with Crippen molar-refractivity contribution in [1.82, 2.24) is 9.97 Å². The Balaban J connectivity index is 1.80. The highest BCUT2D eigenvalue weighted by molar-refractivity contribution is 8.00. The number of anilines is 1. The number of aromatic amines is 1. The quantitative estimate of drug-likeness (QED) is 0.687. The van der Waals surface area contributed by atoms with Crippen molar-refractivity contribution in [3.63, 3.8) is 0 Å². The second-order valence-electron chi connectivity index (χ2n) is 6.06. The zero-order valence-electron chi connectivity index (χ0n) is 14.1. The van der Waals surface area contributed by atoms with Gasteiger partial charge in [-0.2, -0.15) is 0 Å². The monoisotopic (exact) mass is 343 g/mol. The molecule has 1 aliphatic rings. The Bertz CT molecular complexity index is 831. The molecular formula is C18H21N3O2S. The molecule has 2 aromatic rings. The van der Waals surface area contributed by atoms with Gasteiger partial charge in [-0.05, 0) is 45.2 Å². The molecular weight excluding hydrogens is 322 g/mol. The fraction of sp³-hybridized carbons (Fsp3) is 0.389. The highest BCUT2D eigenvalue weighted by Crippen LogP contribution is 2.30. The molecule has 0 saturated carbocycles. The predicted octanol–water partition coefficient (Wildman–Crippen LogP) is 2.85. The Morgan fingerprint density at radius 3 is 2.83 bits per heavy atom. The Morgan fingerprint density at radius 2 is 2.08 bits per heavy atom. The maximum absolute atomic E-state index is 12.9. The van der Waals surface area contributed by atoms with Crippen molar-refractivity contribution >= 4 is 23.4 Å². The first-order valence-electron chi connectivity index (χ1n) is 8.11. The molecule has 0 unspecified atom stereocenters. The number of nitrogens with one attached hydrogen (secondary N) is 1. The number of fused-ring (bicyclic) bond motifs is 1. The lowest BCUT2D eigenvalue weighted by Crippen LogP contribution is -2.40. The van der Waals surface area contributed by atoms with Crippen molar-refractivity contribution in [3.05, 3.63) is 51.4 Å². The van der Waals surface area contributed by atoms with E-state index in [1.165, 1.54) is 17.3 Å². The SMILES string of the molecule is Cc1nc(S[C@@H](C)C(=O)N2CCCc3ccccc32)[nH]c(=O)c1C. The molecule has 24 heavy (non-hydrogen) atoms. The molecule has 0 spiro atoms. The number of thioether (sulfide) groups is 1. The van der Waals surface area contributed by atoms with Crippen molar-refractivity contribution in [2.24, 2.45) is 0 Å². The highest BCUT2D eigenvalue weighted by Gasteiger charge is 2.27. The zero-order chi connectivity index (χ0) is 17.3. The van der Waals surface area contributed by atoms with Crippen molar-refractivity contribution in [2.75, 3.05) is 11.4 Å². The smallest absolute Gasteiger partial charge is 0.254 e. The first-order valence-corrected chi connectivity index (χ1v) is 8.99. The summed E-state index contributed by atoms with van der Waals surface area (Å²) in [7, 11) is 0. The standard InChI is InChI=1S/C18H21N3O2S/c1-11-12(2)19-18(20-16(11)22)24-13(3)17(23)21-10-6-8-14-7-4-5-9-15(14)21/h4-5,7,9,13H,6,8,10H2,1-3H3,(H,19,20,22)/t13-/m0/s1. The second kappa shape index (κ2) is 6.81. The van der Waals surface area contributed by atoms with Crippen LogP contribution in [0.15, 0.2) is 34.2 Å². The van der Waals surface area contributed by atoms with Crippen molar-refractivity contribution < 1.29 is 4.79 Å². The summed E-state index contributed by atoms with van der Waals surface area (Å²) in [4.78, 5) is 33.7. The van der Waals surface area contributed by atoms with Gasteiger partial charge < -0.3 is 9.88 Å². The van der Waals surface area contributed by atoms with E-state index >= 15 is 0 Å². The van der Waals surface area contributed by atoms with Gasteiger partial charge in [0.05, 0.1) is 5.25 Å². The van der Waals surface area contributed by atoms with E-state index in [2.05, 4.69) is 16.0 Å². The topological polar surface area (TPSA) is 66.1 Å². The largest absolute Gasteiger partial charge is 0.311 e. The van der Waals surface area contributed by atoms with Crippen LogP contribution < -0.4 is 10.5 Å². The average Bonchev–Trinajstić information content (AvgIpc) is 2.58. The van der Waals surface area contributed by atoms with Crippen molar-refractivity contribution in [2.45, 2.75) is 44.0 Å². The number of hydrogen-bond donors (Lipinski definition) is 1. The molecule has 1 aromatic carbocycles. The van der Waals surface area contributed by atoms with E-state index in [-0.39, 0.29) is 16.7 Å². The first-order chi connectivity index (χ1) is 11.5. The number of amides is 1. The molecule has 1 N–H and O–H groups in total. The molecule has 0 fully saturated rings. The number of carbonyl (C=O) groups is 1. The van der Waals surface area contributed by atoms with Crippen LogP contribution >= 0.6 is 11.8 Å². The predicted molar refractivity (Wildman–Crippen MR) is 96.8 cm³/mol. The van der Waals surface area contributed by atoms with Gasteiger partial charge >= 0.3 is 0 Å². The van der Waals surface area contributed by atoms with E-state index in [9.17, 15) is 9.59 Å². The van der Waals surface area contributed by atoms with Gasteiger partial charge in [-0.3, -0.25) is 9.59 Å². The van der Waals surface area contributed by atoms with E-state index in [0.717, 1.165) is 25.1 Å². The van der Waals surface area contributed by atoms with Crippen LogP contribution in [0.4, 0.5) is 5.69 Å². The molecule has 1 amide bonds. The number of para-hydroxylation sites is 1. The van der Waals surface area contributed by atoms with Crippen LogP contribution in [0, 0.1) is 13.8 Å². The van der Waals surface area contributed by atoms with Gasteiger partial charge in [0.1, 0.15) is 0 Å². The van der Waals surface area contributed by atoms with Gasteiger partial charge in [-0.15, -0.1) is 0 Å². The minimum Gasteiger partial charge on any atom is -0.311 e. The maximum atomic E-state index is 12.9. The third-order valence-electron chi connectivity index (χ3n) is 4.39. The van der Waals surface area contributed by atoms with Crippen molar-refractivity contribution in [1.29, 1.82) is 0 Å². The Labute approximate surface area is 145 Å². The Kier molecular flexibility index (Phi) is 4.76. The third-order valence-corrected chi connectivity index (χ3v) is 5.36. The van der Waals surface area contributed by atoms with E-state index < -0.39 is 0 Å². The summed E-state index contributed by atoms with van der Waals surface area (Å²) in [5, 5.41) is 0.177. The maximum Gasteiger partial charge on any atom is 0.254 e. The third kappa shape index (κ3) is 3.24. The molecule has 0 radical (unpaired) electrons. The number of H-pyrrole nitrogens is 1. The van der Waals surface area contributed by atoms with E-state index in [4.69, 9.17) is 0 Å². The fourth-order valence-electron chi connectivity index (χ4n) is 2.87. The zero-order valence-corrected chi connectivity index (χ0v) is 14.9. The van der Waals surface area contributed by atoms with E-state index in [0.29, 0.717) is 16.4 Å². The van der Waals surface area contributed by atoms with Gasteiger partial charge in [0, 0.05) is 23.5 Å². The Morgan fingerprint density at radius 1 is 1.33 bits per heavy atom. The summed E-state index contributed by atoms with van der Waals surface area (Å²) in [6.07, 6.45) is 1.98.